The van der Waals surface area contributed by atoms with E-state index in [0.717, 1.165) is 59.1 Å². The first-order chi connectivity index (χ1) is 14.4. The Morgan fingerprint density at radius 3 is 2.83 bits per heavy atom. The van der Waals surface area contributed by atoms with E-state index in [1.165, 1.54) is 22.2 Å². The van der Waals surface area contributed by atoms with Crippen molar-refractivity contribution >= 4 is 39.2 Å². The maximum Gasteiger partial charge on any atom is 0.267 e. The van der Waals surface area contributed by atoms with Crippen molar-refractivity contribution < 1.29 is 4.79 Å². The van der Waals surface area contributed by atoms with E-state index in [2.05, 4.69) is 11.4 Å². The molecule has 0 spiro atoms. The molecule has 1 amide bonds. The van der Waals surface area contributed by atoms with Crippen LogP contribution in [0.2, 0.25) is 0 Å². The van der Waals surface area contributed by atoms with Gasteiger partial charge in [-0.2, -0.15) is 0 Å². The fourth-order valence-corrected chi connectivity index (χ4v) is 6.36. The Kier molecular flexibility index (Phi) is 4.98. The van der Waals surface area contributed by atoms with Gasteiger partial charge in [-0.15, -0.1) is 11.3 Å². The van der Waals surface area contributed by atoms with Gasteiger partial charge in [0, 0.05) is 10.9 Å². The summed E-state index contributed by atoms with van der Waals surface area (Å²) >= 11 is 3.02. The number of aryl methyl sites for hydroxylation is 4. The molecule has 1 aromatic carbocycles. The highest BCUT2D eigenvalue weighted by Gasteiger charge is 2.29. The number of nitrogens with one attached hydrogen (secondary N) is 1. The Morgan fingerprint density at radius 2 is 2.10 bits per heavy atom. The number of amides is 1. The van der Waals surface area contributed by atoms with Crippen molar-refractivity contribution in [2.45, 2.75) is 69.3 Å². The lowest BCUT2D eigenvalue weighted by molar-refractivity contribution is -0.120. The highest BCUT2D eigenvalue weighted by molar-refractivity contribution is 8.00. The average molecular weight is 440 g/mol. The van der Waals surface area contributed by atoms with Crippen LogP contribution >= 0.6 is 23.1 Å². The van der Waals surface area contributed by atoms with Gasteiger partial charge in [0.15, 0.2) is 5.16 Å². The van der Waals surface area contributed by atoms with Gasteiger partial charge in [0.25, 0.3) is 5.56 Å². The Morgan fingerprint density at radius 1 is 1.30 bits per heavy atom. The number of carbonyl (C=O) groups excluding carboxylic acids is 1. The molecule has 1 atom stereocenters. The molecule has 0 saturated heterocycles. The van der Waals surface area contributed by atoms with Crippen molar-refractivity contribution in [1.29, 1.82) is 0 Å². The number of benzene rings is 1. The molecule has 1 fully saturated rings. The number of rotatable bonds is 5. The number of carbonyl (C=O) groups is 1. The van der Waals surface area contributed by atoms with Gasteiger partial charge in [-0.25, -0.2) is 4.98 Å². The van der Waals surface area contributed by atoms with Crippen molar-refractivity contribution in [2.75, 3.05) is 0 Å². The topological polar surface area (TPSA) is 64.0 Å². The molecule has 30 heavy (non-hydrogen) atoms. The van der Waals surface area contributed by atoms with Gasteiger partial charge in [-0.05, 0) is 70.1 Å². The highest BCUT2D eigenvalue weighted by Crippen LogP contribution is 2.37. The molecule has 0 aliphatic heterocycles. The molecule has 2 aliphatic rings. The van der Waals surface area contributed by atoms with Gasteiger partial charge >= 0.3 is 0 Å². The molecular weight excluding hydrogens is 414 g/mol. The molecule has 5 nitrogen and oxygen atoms in total. The van der Waals surface area contributed by atoms with Crippen molar-refractivity contribution in [1.82, 2.24) is 14.9 Å². The number of thioether (sulfide) groups is 1. The van der Waals surface area contributed by atoms with E-state index in [1.54, 1.807) is 15.9 Å². The molecule has 0 radical (unpaired) electrons. The second kappa shape index (κ2) is 7.54. The van der Waals surface area contributed by atoms with Crippen molar-refractivity contribution in [3.05, 3.63) is 50.1 Å². The number of hydrogen-bond donors (Lipinski definition) is 1. The molecule has 1 saturated carbocycles. The summed E-state index contributed by atoms with van der Waals surface area (Å²) in [5.41, 5.74) is 4.20. The lowest BCUT2D eigenvalue weighted by atomic mass is 10.1. The minimum absolute atomic E-state index is 0.0105. The van der Waals surface area contributed by atoms with E-state index < -0.39 is 0 Å². The molecule has 7 heteroatoms. The summed E-state index contributed by atoms with van der Waals surface area (Å²) in [6.07, 6.45) is 5.20. The monoisotopic (exact) mass is 439 g/mol. The zero-order chi connectivity index (χ0) is 21.0. The molecule has 0 bridgehead atoms. The lowest BCUT2D eigenvalue weighted by Crippen LogP contribution is -2.33. The summed E-state index contributed by atoms with van der Waals surface area (Å²) in [6.45, 7) is 5.96. The number of fused-ring (bicyclic) bond motifs is 3. The summed E-state index contributed by atoms with van der Waals surface area (Å²) in [5.74, 6) is 0.0118. The van der Waals surface area contributed by atoms with E-state index in [-0.39, 0.29) is 16.7 Å². The first-order valence-electron chi connectivity index (χ1n) is 10.5. The van der Waals surface area contributed by atoms with Gasteiger partial charge in [-0.3, -0.25) is 14.2 Å². The van der Waals surface area contributed by atoms with Crippen molar-refractivity contribution in [3.8, 4) is 5.69 Å². The predicted molar refractivity (Wildman–Crippen MR) is 123 cm³/mol. The van der Waals surface area contributed by atoms with E-state index in [1.807, 2.05) is 32.9 Å². The smallest absolute Gasteiger partial charge is 0.267 e. The van der Waals surface area contributed by atoms with Crippen LogP contribution in [-0.2, 0) is 17.6 Å². The van der Waals surface area contributed by atoms with Gasteiger partial charge in [0.05, 0.1) is 16.3 Å². The second-order valence-corrected chi connectivity index (χ2v) is 10.8. The van der Waals surface area contributed by atoms with Gasteiger partial charge in [0.2, 0.25) is 5.91 Å². The van der Waals surface area contributed by atoms with Gasteiger partial charge in [0.1, 0.15) is 4.83 Å². The molecular formula is C23H25N3O2S2. The van der Waals surface area contributed by atoms with E-state index >= 15 is 0 Å². The molecule has 1 unspecified atom stereocenters. The van der Waals surface area contributed by atoms with Crippen LogP contribution in [0.25, 0.3) is 15.9 Å². The van der Waals surface area contributed by atoms with Crippen LogP contribution in [-0.4, -0.2) is 26.8 Å². The normalized spacial score (nSPS) is 16.6. The number of aromatic nitrogens is 2. The lowest BCUT2D eigenvalue weighted by Gasteiger charge is -2.17. The van der Waals surface area contributed by atoms with Crippen molar-refractivity contribution in [3.63, 3.8) is 0 Å². The third-order valence-corrected chi connectivity index (χ3v) is 8.11. The van der Waals surface area contributed by atoms with Crippen LogP contribution in [0.3, 0.4) is 0 Å². The molecule has 5 rings (SSSR count). The zero-order valence-electron chi connectivity index (χ0n) is 17.4. The second-order valence-electron chi connectivity index (χ2n) is 8.41. The quantitative estimate of drug-likeness (QED) is 0.475. The van der Waals surface area contributed by atoms with Gasteiger partial charge < -0.3 is 5.32 Å². The Bertz CT molecular complexity index is 1220. The number of hydrogen-bond acceptors (Lipinski definition) is 5. The van der Waals surface area contributed by atoms with Crippen LogP contribution in [0.1, 0.15) is 47.8 Å². The Labute approximate surface area is 183 Å². The fraction of sp³-hybridized carbons (Fsp3) is 0.435. The van der Waals surface area contributed by atoms with Crippen molar-refractivity contribution in [2.24, 2.45) is 0 Å². The summed E-state index contributed by atoms with van der Waals surface area (Å²) < 4.78 is 1.73. The summed E-state index contributed by atoms with van der Waals surface area (Å²) in [7, 11) is 0. The molecule has 3 aromatic rings. The largest absolute Gasteiger partial charge is 0.352 e. The highest BCUT2D eigenvalue weighted by atomic mass is 32.2. The molecule has 1 N–H and O–H groups in total. The predicted octanol–water partition coefficient (Wildman–Crippen LogP) is 4.31. The third-order valence-electron chi connectivity index (χ3n) is 5.88. The number of thiophene rings is 1. The van der Waals surface area contributed by atoms with Gasteiger partial charge in [-0.1, -0.05) is 29.5 Å². The van der Waals surface area contributed by atoms with Crippen LogP contribution < -0.4 is 10.9 Å². The molecule has 156 valence electrons. The van der Waals surface area contributed by atoms with E-state index in [9.17, 15) is 9.59 Å². The van der Waals surface area contributed by atoms with Crippen LogP contribution in [0.15, 0.2) is 28.2 Å². The Hall–Kier alpha value is -2.12. The molecule has 2 heterocycles. The number of nitrogens with zero attached hydrogens (tertiary/aromatic N) is 2. The maximum atomic E-state index is 13.8. The zero-order valence-corrected chi connectivity index (χ0v) is 19.1. The standard InChI is InChI=1S/C23H25N3O2S2/c1-12-7-10-17(13(2)11-12)26-22(28)19-16-5-4-6-18(16)30-21(19)25-23(26)29-14(3)20(27)24-15-8-9-15/h7,10-11,14-15H,4-6,8-9H2,1-3H3,(H,24,27). The summed E-state index contributed by atoms with van der Waals surface area (Å²) in [4.78, 5) is 33.4. The first-order valence-corrected chi connectivity index (χ1v) is 12.2. The van der Waals surface area contributed by atoms with Crippen LogP contribution in [0.4, 0.5) is 0 Å². The summed E-state index contributed by atoms with van der Waals surface area (Å²) in [5, 5.41) is 4.11. The molecule has 2 aromatic heterocycles. The third kappa shape index (κ3) is 3.48. The van der Waals surface area contributed by atoms with Crippen LogP contribution in [0, 0.1) is 13.8 Å². The minimum Gasteiger partial charge on any atom is -0.352 e. The maximum absolute atomic E-state index is 13.8. The van der Waals surface area contributed by atoms with E-state index in [0.29, 0.717) is 11.2 Å². The minimum atomic E-state index is -0.321. The first kappa shape index (κ1) is 19.8. The van der Waals surface area contributed by atoms with Crippen LogP contribution in [0.5, 0.6) is 0 Å². The summed E-state index contributed by atoms with van der Waals surface area (Å²) in [6, 6.07) is 6.42. The SMILES string of the molecule is Cc1ccc(-n2c(SC(C)C(=O)NC3CC3)nc3sc4c(c3c2=O)CCC4)c(C)c1. The average Bonchev–Trinajstić information content (AvgIpc) is 3.27. The fourth-order valence-electron chi connectivity index (χ4n) is 4.13. The van der Waals surface area contributed by atoms with E-state index in [4.69, 9.17) is 4.98 Å². The Balaban J connectivity index is 1.66. The molecule has 2 aliphatic carbocycles.